The first-order valence-electron chi connectivity index (χ1n) is 4.40. The molecule has 0 spiro atoms. The topological polar surface area (TPSA) is 3.88 Å². The van der Waals surface area contributed by atoms with Crippen LogP contribution in [-0.2, 0) is 13.0 Å². The van der Waals surface area contributed by atoms with Crippen LogP contribution in [0.1, 0.15) is 5.56 Å². The maximum Gasteiger partial charge on any atom is 0.224 e. The van der Waals surface area contributed by atoms with Crippen LogP contribution in [0.4, 0.5) is 0 Å². The van der Waals surface area contributed by atoms with E-state index in [1.165, 1.54) is 5.56 Å². The highest BCUT2D eigenvalue weighted by molar-refractivity contribution is 7.07. The second kappa shape index (κ2) is 5.94. The van der Waals surface area contributed by atoms with Crippen LogP contribution in [0.5, 0.6) is 0 Å². The van der Waals surface area contributed by atoms with E-state index in [9.17, 15) is 0 Å². The number of halogens is 1. The van der Waals surface area contributed by atoms with Crippen LogP contribution in [0, 0.1) is 0 Å². The predicted molar refractivity (Wildman–Crippen MR) is 54.7 cm³/mol. The highest BCUT2D eigenvalue weighted by atomic mass is 79.9. The van der Waals surface area contributed by atoms with Crippen LogP contribution in [-0.4, -0.2) is 0 Å². The van der Waals surface area contributed by atoms with Crippen molar-refractivity contribution in [3.63, 3.8) is 0 Å². The minimum Gasteiger partial charge on any atom is -1.00 e. The van der Waals surface area contributed by atoms with Gasteiger partial charge in [0.25, 0.3) is 0 Å². The van der Waals surface area contributed by atoms with Gasteiger partial charge in [-0.05, 0) is 5.56 Å². The molecular weight excluding hydrogens is 258 g/mol. The maximum absolute atomic E-state index is 2.22. The molecule has 0 N–H and O–H groups in total. The van der Waals surface area contributed by atoms with Crippen LogP contribution in [0.25, 0.3) is 0 Å². The van der Waals surface area contributed by atoms with Crippen molar-refractivity contribution in [2.45, 2.75) is 13.0 Å². The Morgan fingerprint density at radius 1 is 1.14 bits per heavy atom. The van der Waals surface area contributed by atoms with Crippen molar-refractivity contribution in [3.8, 4) is 0 Å². The Hall–Kier alpha value is -0.670. The highest BCUT2D eigenvalue weighted by Gasteiger charge is 1.99. The number of benzene rings is 1. The molecule has 3 heteroatoms. The molecule has 1 heterocycles. The molecule has 0 bridgehead atoms. The molecule has 1 nitrogen and oxygen atoms in total. The third-order valence-corrected chi connectivity index (χ3v) is 2.70. The fraction of sp³-hybridized carbons (Fsp3) is 0.182. The van der Waals surface area contributed by atoms with Gasteiger partial charge in [0.2, 0.25) is 5.51 Å². The number of aryl methyl sites for hydroxylation is 2. The summed E-state index contributed by atoms with van der Waals surface area (Å²) in [7, 11) is 0. The largest absolute Gasteiger partial charge is 1.00 e. The minimum atomic E-state index is 0. The van der Waals surface area contributed by atoms with Gasteiger partial charge in [-0.15, -0.1) is 0 Å². The molecule has 1 aromatic carbocycles. The summed E-state index contributed by atoms with van der Waals surface area (Å²) in [5.41, 5.74) is 3.55. The van der Waals surface area contributed by atoms with Gasteiger partial charge in [0.15, 0.2) is 12.7 Å². The summed E-state index contributed by atoms with van der Waals surface area (Å²) in [6.07, 6.45) is 3.23. The zero-order valence-corrected chi connectivity index (χ0v) is 10.2. The summed E-state index contributed by atoms with van der Waals surface area (Å²) >= 11 is 1.74. The molecule has 14 heavy (non-hydrogen) atoms. The van der Waals surface area contributed by atoms with Crippen LogP contribution in [0.3, 0.4) is 0 Å². The first-order valence-corrected chi connectivity index (χ1v) is 5.34. The van der Waals surface area contributed by atoms with Gasteiger partial charge < -0.3 is 17.0 Å². The number of hydrogen-bond donors (Lipinski definition) is 0. The van der Waals surface area contributed by atoms with E-state index < -0.39 is 0 Å². The van der Waals surface area contributed by atoms with Gasteiger partial charge in [0, 0.05) is 6.42 Å². The van der Waals surface area contributed by atoms with E-state index in [1.54, 1.807) is 11.3 Å². The maximum atomic E-state index is 2.22. The van der Waals surface area contributed by atoms with Crippen LogP contribution < -0.4 is 21.5 Å². The van der Waals surface area contributed by atoms with Crippen molar-refractivity contribution in [3.05, 3.63) is 53.0 Å². The summed E-state index contributed by atoms with van der Waals surface area (Å²) in [6.45, 7) is 1.08. The first-order chi connectivity index (χ1) is 6.45. The van der Waals surface area contributed by atoms with E-state index in [4.69, 9.17) is 0 Å². The smallest absolute Gasteiger partial charge is 0.224 e. The fourth-order valence-corrected chi connectivity index (χ4v) is 1.92. The third kappa shape index (κ3) is 3.24. The zero-order chi connectivity index (χ0) is 8.93. The van der Waals surface area contributed by atoms with Gasteiger partial charge in [-0.25, -0.2) is 0 Å². The van der Waals surface area contributed by atoms with Crippen molar-refractivity contribution in [2.24, 2.45) is 0 Å². The summed E-state index contributed by atoms with van der Waals surface area (Å²) in [5, 5.41) is 2.10. The normalized spacial score (nSPS) is 9.43. The van der Waals surface area contributed by atoms with Crippen LogP contribution in [0.2, 0.25) is 0 Å². The zero-order valence-electron chi connectivity index (χ0n) is 7.77. The predicted octanol–water partition coefficient (Wildman–Crippen LogP) is -0.718. The Balaban J connectivity index is 0.000000980. The number of rotatable bonds is 3. The van der Waals surface area contributed by atoms with E-state index in [0.29, 0.717) is 0 Å². The molecule has 0 aliphatic rings. The quantitative estimate of drug-likeness (QED) is 0.648. The molecule has 1 aromatic heterocycles. The lowest BCUT2D eigenvalue weighted by Crippen LogP contribution is -3.00. The molecule has 0 aliphatic heterocycles. The molecule has 0 aliphatic carbocycles. The second-order valence-electron chi connectivity index (χ2n) is 3.00. The molecule has 2 rings (SSSR count). The highest BCUT2D eigenvalue weighted by Crippen LogP contribution is 1.99. The Morgan fingerprint density at radius 2 is 1.93 bits per heavy atom. The molecule has 0 atom stereocenters. The van der Waals surface area contributed by atoms with Gasteiger partial charge in [-0.2, -0.15) is 4.57 Å². The van der Waals surface area contributed by atoms with E-state index in [1.807, 2.05) is 0 Å². The van der Waals surface area contributed by atoms with Crippen LogP contribution in [0.15, 0.2) is 47.4 Å². The lowest BCUT2D eigenvalue weighted by Gasteiger charge is -1.95. The lowest BCUT2D eigenvalue weighted by molar-refractivity contribution is -0.691. The fourth-order valence-electron chi connectivity index (χ4n) is 1.29. The van der Waals surface area contributed by atoms with Crippen molar-refractivity contribution < 1.29 is 21.5 Å². The number of hydrogen-bond acceptors (Lipinski definition) is 1. The van der Waals surface area contributed by atoms with Gasteiger partial charge in [-0.3, -0.25) is 0 Å². The molecule has 0 amide bonds. The monoisotopic (exact) mass is 269 g/mol. The minimum absolute atomic E-state index is 0. The molecule has 2 aromatic rings. The SMILES string of the molecule is [Br-].c1ccc(CC[n+]2ccsc2)cc1. The summed E-state index contributed by atoms with van der Waals surface area (Å²) < 4.78 is 2.22. The molecule has 0 saturated carbocycles. The number of thiazole rings is 1. The van der Waals surface area contributed by atoms with Crippen molar-refractivity contribution in [2.75, 3.05) is 0 Å². The standard InChI is InChI=1S/C11H12NS.BrH/c1-2-4-11(5-3-1)6-7-12-8-9-13-10-12;/h1-5,8-10H,6-7H2;1H/q+1;/p-1. The van der Waals surface area contributed by atoms with E-state index >= 15 is 0 Å². The van der Waals surface area contributed by atoms with Gasteiger partial charge in [0.1, 0.15) is 0 Å². The average Bonchev–Trinajstić information content (AvgIpc) is 2.69. The van der Waals surface area contributed by atoms with Crippen molar-refractivity contribution in [1.82, 2.24) is 0 Å². The first kappa shape index (κ1) is 11.4. The van der Waals surface area contributed by atoms with E-state index in [2.05, 4.69) is 52.0 Å². The second-order valence-corrected chi connectivity index (χ2v) is 3.76. The Kier molecular flexibility index (Phi) is 4.84. The molecular formula is C11H12BrNS. The Morgan fingerprint density at radius 3 is 2.57 bits per heavy atom. The van der Waals surface area contributed by atoms with Gasteiger partial charge in [-0.1, -0.05) is 41.7 Å². The summed E-state index contributed by atoms with van der Waals surface area (Å²) in [4.78, 5) is 0. The van der Waals surface area contributed by atoms with Crippen molar-refractivity contribution >= 4 is 11.3 Å². The average molecular weight is 270 g/mol. The Bertz CT molecular complexity index is 345. The summed E-state index contributed by atoms with van der Waals surface area (Å²) in [6, 6.07) is 10.6. The molecule has 0 unspecified atom stereocenters. The van der Waals surface area contributed by atoms with E-state index in [-0.39, 0.29) is 17.0 Å². The van der Waals surface area contributed by atoms with Gasteiger partial charge in [0.05, 0.1) is 5.38 Å². The summed E-state index contributed by atoms with van der Waals surface area (Å²) in [5.74, 6) is 0. The van der Waals surface area contributed by atoms with Crippen LogP contribution >= 0.6 is 11.3 Å². The molecule has 0 saturated heterocycles. The van der Waals surface area contributed by atoms with Gasteiger partial charge >= 0.3 is 0 Å². The molecule has 74 valence electrons. The van der Waals surface area contributed by atoms with E-state index in [0.717, 1.165) is 13.0 Å². The number of nitrogens with zero attached hydrogens (tertiary/aromatic N) is 1. The Labute approximate surface area is 98.8 Å². The van der Waals surface area contributed by atoms with Crippen molar-refractivity contribution in [1.29, 1.82) is 0 Å². The number of aromatic nitrogens is 1. The molecule has 0 fully saturated rings. The lowest BCUT2D eigenvalue weighted by atomic mass is 10.1. The third-order valence-electron chi connectivity index (χ3n) is 2.03. The molecule has 0 radical (unpaired) electrons.